The van der Waals surface area contributed by atoms with Crippen LogP contribution in [0.2, 0.25) is 0 Å². The van der Waals surface area contributed by atoms with Crippen molar-refractivity contribution in [3.05, 3.63) is 46.6 Å². The van der Waals surface area contributed by atoms with E-state index in [1.54, 1.807) is 18.0 Å². The number of rotatable bonds is 2. The van der Waals surface area contributed by atoms with E-state index >= 15 is 0 Å². The van der Waals surface area contributed by atoms with Crippen LogP contribution in [0, 0.1) is 6.92 Å². The third-order valence-electron chi connectivity index (χ3n) is 2.06. The number of pyridine rings is 1. The van der Waals surface area contributed by atoms with Gasteiger partial charge in [-0.3, -0.25) is 0 Å². The van der Waals surface area contributed by atoms with Gasteiger partial charge in [0.05, 0.1) is 16.4 Å². The molecule has 0 fully saturated rings. The number of aromatic nitrogens is 1. The summed E-state index contributed by atoms with van der Waals surface area (Å²) in [6.45, 7) is 2.08. The molecule has 0 bridgehead atoms. The number of hydrogen-bond acceptors (Lipinski definition) is 3. The van der Waals surface area contributed by atoms with Gasteiger partial charge in [0.2, 0.25) is 0 Å². The highest BCUT2D eigenvalue weighted by Crippen LogP contribution is 2.32. The average molecular weight is 295 g/mol. The Balaban J connectivity index is 2.23. The Labute approximate surface area is 107 Å². The van der Waals surface area contributed by atoms with E-state index in [1.165, 1.54) is 10.5 Å². The van der Waals surface area contributed by atoms with Crippen molar-refractivity contribution in [2.45, 2.75) is 16.8 Å². The number of hydrogen-bond donors (Lipinski definition) is 1. The smallest absolute Gasteiger partial charge is 0.115 e. The lowest BCUT2D eigenvalue weighted by atomic mass is 10.2. The van der Waals surface area contributed by atoms with Crippen LogP contribution in [-0.2, 0) is 0 Å². The van der Waals surface area contributed by atoms with Crippen LogP contribution in [0.25, 0.3) is 0 Å². The van der Waals surface area contributed by atoms with Crippen LogP contribution in [0.1, 0.15) is 5.56 Å². The molecule has 0 unspecified atom stereocenters. The molecule has 16 heavy (non-hydrogen) atoms. The summed E-state index contributed by atoms with van der Waals surface area (Å²) in [5, 5.41) is 0.929. The fourth-order valence-electron chi connectivity index (χ4n) is 1.23. The van der Waals surface area contributed by atoms with Crippen LogP contribution >= 0.6 is 27.7 Å². The van der Waals surface area contributed by atoms with E-state index in [0.717, 1.165) is 9.50 Å². The van der Waals surface area contributed by atoms with Crippen LogP contribution < -0.4 is 5.73 Å². The van der Waals surface area contributed by atoms with Gasteiger partial charge in [-0.1, -0.05) is 29.5 Å². The summed E-state index contributed by atoms with van der Waals surface area (Å²) < 4.78 is 0.929. The van der Waals surface area contributed by atoms with Gasteiger partial charge in [-0.15, -0.1) is 0 Å². The highest BCUT2D eigenvalue weighted by atomic mass is 79.9. The lowest BCUT2D eigenvalue weighted by molar-refractivity contribution is 1.11. The Morgan fingerprint density at radius 2 is 1.94 bits per heavy atom. The molecule has 0 aliphatic rings. The summed E-state index contributed by atoms with van der Waals surface area (Å²) in [4.78, 5) is 5.46. The molecule has 0 aliphatic carbocycles. The van der Waals surface area contributed by atoms with Crippen LogP contribution in [-0.4, -0.2) is 4.98 Å². The second-order valence-electron chi connectivity index (χ2n) is 3.47. The molecule has 1 aromatic carbocycles. The SMILES string of the molecule is Cc1ccc(Sc2ncc(N)cc2Br)cc1. The van der Waals surface area contributed by atoms with Gasteiger partial charge < -0.3 is 5.73 Å². The Bertz CT molecular complexity index is 497. The van der Waals surface area contributed by atoms with Gasteiger partial charge in [0.25, 0.3) is 0 Å². The van der Waals surface area contributed by atoms with Gasteiger partial charge in [0, 0.05) is 4.90 Å². The van der Waals surface area contributed by atoms with Crippen LogP contribution in [0.4, 0.5) is 5.69 Å². The Morgan fingerprint density at radius 1 is 1.25 bits per heavy atom. The Hall–Kier alpha value is -1.000. The van der Waals surface area contributed by atoms with Crippen LogP contribution in [0.5, 0.6) is 0 Å². The minimum Gasteiger partial charge on any atom is -0.397 e. The Morgan fingerprint density at radius 3 is 2.56 bits per heavy atom. The maximum absolute atomic E-state index is 5.64. The van der Waals surface area contributed by atoms with E-state index in [1.807, 2.05) is 6.07 Å². The van der Waals surface area contributed by atoms with Gasteiger partial charge >= 0.3 is 0 Å². The normalized spacial score (nSPS) is 10.4. The van der Waals surface area contributed by atoms with Crippen molar-refractivity contribution in [1.29, 1.82) is 0 Å². The predicted molar refractivity (Wildman–Crippen MR) is 71.7 cm³/mol. The van der Waals surface area contributed by atoms with Gasteiger partial charge in [0.1, 0.15) is 5.03 Å². The molecule has 1 aromatic heterocycles. The molecule has 0 amide bonds. The first-order valence-corrected chi connectivity index (χ1v) is 6.41. The van der Waals surface area contributed by atoms with Crippen molar-refractivity contribution in [1.82, 2.24) is 4.98 Å². The average Bonchev–Trinajstić information content (AvgIpc) is 2.25. The number of aryl methyl sites for hydroxylation is 1. The highest BCUT2D eigenvalue weighted by Gasteiger charge is 2.04. The van der Waals surface area contributed by atoms with Crippen molar-refractivity contribution in [3.8, 4) is 0 Å². The first kappa shape index (κ1) is 11.5. The van der Waals surface area contributed by atoms with E-state index in [-0.39, 0.29) is 0 Å². The monoisotopic (exact) mass is 294 g/mol. The zero-order chi connectivity index (χ0) is 11.5. The van der Waals surface area contributed by atoms with Crippen LogP contribution in [0.3, 0.4) is 0 Å². The molecular weight excluding hydrogens is 284 g/mol. The summed E-state index contributed by atoms with van der Waals surface area (Å²) in [6, 6.07) is 10.2. The zero-order valence-electron chi connectivity index (χ0n) is 8.77. The number of nitrogens with zero attached hydrogens (tertiary/aromatic N) is 1. The molecule has 0 saturated heterocycles. The standard InChI is InChI=1S/C12H11BrN2S/c1-8-2-4-10(5-3-8)16-12-11(13)6-9(14)7-15-12/h2-7H,14H2,1H3. The minimum absolute atomic E-state index is 0.667. The molecular formula is C12H11BrN2S. The van der Waals surface area contributed by atoms with E-state index in [4.69, 9.17) is 5.73 Å². The predicted octanol–water partition coefficient (Wildman–Crippen LogP) is 3.89. The number of anilines is 1. The van der Waals surface area contributed by atoms with E-state index < -0.39 is 0 Å². The number of nitrogen functional groups attached to an aromatic ring is 1. The van der Waals surface area contributed by atoms with Crippen molar-refractivity contribution in [2.75, 3.05) is 5.73 Å². The molecule has 0 aliphatic heterocycles. The summed E-state index contributed by atoms with van der Waals surface area (Å²) in [5.41, 5.74) is 7.56. The molecule has 1 heterocycles. The highest BCUT2D eigenvalue weighted by molar-refractivity contribution is 9.10. The largest absolute Gasteiger partial charge is 0.397 e. The molecule has 0 saturated carbocycles. The second kappa shape index (κ2) is 4.89. The van der Waals surface area contributed by atoms with E-state index in [2.05, 4.69) is 52.1 Å². The molecule has 2 nitrogen and oxygen atoms in total. The lowest BCUT2D eigenvalue weighted by Crippen LogP contribution is -1.88. The van der Waals surface area contributed by atoms with Crippen molar-refractivity contribution in [2.24, 2.45) is 0 Å². The summed E-state index contributed by atoms with van der Waals surface area (Å²) in [5.74, 6) is 0. The van der Waals surface area contributed by atoms with Gasteiger partial charge in [0.15, 0.2) is 0 Å². The lowest BCUT2D eigenvalue weighted by Gasteiger charge is -2.04. The fourth-order valence-corrected chi connectivity index (χ4v) is 2.60. The number of benzene rings is 1. The molecule has 0 radical (unpaired) electrons. The maximum Gasteiger partial charge on any atom is 0.115 e. The molecule has 4 heteroatoms. The molecule has 82 valence electrons. The number of halogens is 1. The molecule has 2 N–H and O–H groups in total. The molecule has 0 atom stereocenters. The van der Waals surface area contributed by atoms with Gasteiger partial charge in [-0.25, -0.2) is 4.98 Å². The van der Waals surface area contributed by atoms with Crippen molar-refractivity contribution >= 4 is 33.4 Å². The van der Waals surface area contributed by atoms with Crippen molar-refractivity contribution < 1.29 is 0 Å². The Kier molecular flexibility index (Phi) is 3.51. The third-order valence-corrected chi connectivity index (χ3v) is 3.96. The van der Waals surface area contributed by atoms with E-state index in [9.17, 15) is 0 Å². The molecule has 0 spiro atoms. The maximum atomic E-state index is 5.64. The third kappa shape index (κ3) is 2.77. The van der Waals surface area contributed by atoms with Crippen LogP contribution in [0.15, 0.2) is 50.9 Å². The molecule has 2 rings (SSSR count). The minimum atomic E-state index is 0.667. The molecule has 2 aromatic rings. The summed E-state index contributed by atoms with van der Waals surface area (Å²) >= 11 is 5.07. The zero-order valence-corrected chi connectivity index (χ0v) is 11.2. The first-order chi connectivity index (χ1) is 7.65. The number of nitrogens with two attached hydrogens (primary N) is 1. The van der Waals surface area contributed by atoms with Gasteiger partial charge in [-0.05, 0) is 41.1 Å². The fraction of sp³-hybridized carbons (Fsp3) is 0.0833. The second-order valence-corrected chi connectivity index (χ2v) is 5.39. The van der Waals surface area contributed by atoms with Gasteiger partial charge in [-0.2, -0.15) is 0 Å². The summed E-state index contributed by atoms with van der Waals surface area (Å²) in [7, 11) is 0. The van der Waals surface area contributed by atoms with E-state index in [0.29, 0.717) is 5.69 Å². The topological polar surface area (TPSA) is 38.9 Å². The summed E-state index contributed by atoms with van der Waals surface area (Å²) in [6.07, 6.45) is 1.67. The first-order valence-electron chi connectivity index (χ1n) is 4.81. The van der Waals surface area contributed by atoms with Crippen molar-refractivity contribution in [3.63, 3.8) is 0 Å². The quantitative estimate of drug-likeness (QED) is 0.913.